The molecule has 0 spiro atoms. The summed E-state index contributed by atoms with van der Waals surface area (Å²) in [7, 11) is -1.22. The largest absolute Gasteiger partial charge is 0.514 e. The average molecular weight is 1810 g/mol. The Morgan fingerprint density at radius 3 is 0.508 bits per heavy atom. The van der Waals surface area contributed by atoms with Crippen LogP contribution in [0.4, 0.5) is 14.4 Å². The fourth-order valence-corrected chi connectivity index (χ4v) is 20.1. The topological polar surface area (TPSA) is 196 Å². The van der Waals surface area contributed by atoms with Gasteiger partial charge in [0.25, 0.3) is 0 Å². The van der Waals surface area contributed by atoms with Crippen molar-refractivity contribution in [3.8, 4) is 40.2 Å². The zero-order valence-corrected chi connectivity index (χ0v) is 80.4. The summed E-state index contributed by atoms with van der Waals surface area (Å²) in [5.41, 5.74) is -3.34. The van der Waals surface area contributed by atoms with Gasteiger partial charge < -0.3 is 56.8 Å². The maximum Gasteiger partial charge on any atom is 0.514 e. The van der Waals surface area contributed by atoms with E-state index < -0.39 is 69.3 Å². The van der Waals surface area contributed by atoms with Gasteiger partial charge in [0.05, 0.1) is 43.6 Å². The van der Waals surface area contributed by atoms with E-state index in [0.717, 1.165) is 45.8 Å². The predicted octanol–water partition coefficient (Wildman–Crippen LogP) is 26.9. The summed E-state index contributed by atoms with van der Waals surface area (Å²) in [5.74, 6) is 3.44. The molecule has 670 valence electrons. The number of carbonyl (C=O) groups is 5. The van der Waals surface area contributed by atoms with Gasteiger partial charge in [-0.3, -0.25) is 0 Å². The van der Waals surface area contributed by atoms with Crippen LogP contribution in [-0.4, -0.2) is 82.8 Å². The Balaban J connectivity index is 0.000000194. The third-order valence-corrected chi connectivity index (χ3v) is 25.4. The van der Waals surface area contributed by atoms with Gasteiger partial charge in [0, 0.05) is 0 Å². The van der Waals surface area contributed by atoms with Gasteiger partial charge in [-0.15, -0.1) is 0 Å². The first-order chi connectivity index (χ1) is 60.3. The molecule has 0 fully saturated rings. The van der Waals surface area contributed by atoms with Crippen molar-refractivity contribution in [2.75, 3.05) is 13.2 Å². The number of carbonyl (C=O) groups excluding carboxylic acids is 5. The molecule has 17 nitrogen and oxygen atoms in total. The second-order valence-corrected chi connectivity index (χ2v) is 44.1. The monoisotopic (exact) mass is 1800 g/mol. The van der Waals surface area contributed by atoms with Crippen molar-refractivity contribution in [2.45, 2.75) is 243 Å². The van der Waals surface area contributed by atoms with Crippen LogP contribution in [0.5, 0.6) is 40.2 Å². The highest BCUT2D eigenvalue weighted by Gasteiger charge is 2.35. The van der Waals surface area contributed by atoms with E-state index in [-0.39, 0.29) is 57.1 Å². The fraction of sp³-hybridized carbons (Fsp3) is 0.280. The van der Waals surface area contributed by atoms with E-state index in [9.17, 15) is 24.0 Å². The Labute approximate surface area is 767 Å². The minimum Gasteiger partial charge on any atom is -0.488 e. The molecule has 0 aliphatic carbocycles. The van der Waals surface area contributed by atoms with Crippen LogP contribution in [0.15, 0.2) is 380 Å². The molecular formula is C107H120O17S4+4. The van der Waals surface area contributed by atoms with Gasteiger partial charge in [-0.25, -0.2) is 24.0 Å². The number of esters is 2. The van der Waals surface area contributed by atoms with E-state index in [0.29, 0.717) is 28.7 Å². The molecule has 21 heteroatoms. The zero-order chi connectivity index (χ0) is 93.0. The first kappa shape index (κ1) is 99.8. The molecule has 12 rings (SSSR count). The van der Waals surface area contributed by atoms with Gasteiger partial charge in [0.2, 0.25) is 0 Å². The Morgan fingerprint density at radius 1 is 0.188 bits per heavy atom. The van der Waals surface area contributed by atoms with E-state index in [1.54, 1.807) is 65.8 Å². The predicted molar refractivity (Wildman–Crippen MR) is 510 cm³/mol. The van der Waals surface area contributed by atoms with Crippen LogP contribution in [0.3, 0.4) is 0 Å². The Morgan fingerprint density at radius 2 is 0.344 bits per heavy atom. The van der Waals surface area contributed by atoms with Crippen LogP contribution >= 0.6 is 0 Å². The maximum atomic E-state index is 12.0. The Bertz CT molecular complexity index is 5180. The van der Waals surface area contributed by atoms with Crippen molar-refractivity contribution in [2.24, 2.45) is 0 Å². The SMILES string of the molecule is CC(C)(C)OC(=O)COc1ccc([S+](c2ccccc2)c2ccc(OCC(=O)OC(C)(C)C)cc2)cc1.CC(C)(C)OC(=O)Oc1ccc([S+](c2ccccc2)c2ccc(OC(=O)OC(C)(C)C)cc2)cc1.CC(C)(C)OC(=O)Oc1ccc([S+](c2ccccc2)c2ccccc2)cc1.CC(C)(C)Oc1ccc([S+](c2ccccc2)c2ccc(OC(C)(C)C)cc2)cc1. The highest BCUT2D eigenvalue weighted by atomic mass is 32.2. The van der Waals surface area contributed by atoms with Crippen LogP contribution < -0.4 is 33.2 Å². The first-order valence-corrected chi connectivity index (χ1v) is 46.9. The van der Waals surface area contributed by atoms with Crippen LogP contribution in [0.25, 0.3) is 0 Å². The van der Waals surface area contributed by atoms with Gasteiger partial charge >= 0.3 is 30.4 Å². The smallest absolute Gasteiger partial charge is 0.488 e. The maximum absolute atomic E-state index is 12.0. The minimum absolute atomic E-state index is 0.147. The summed E-state index contributed by atoms with van der Waals surface area (Å²) in [5, 5.41) is 0. The van der Waals surface area contributed by atoms with E-state index in [2.05, 4.69) is 193 Å². The second-order valence-electron chi connectivity index (χ2n) is 36.0. The number of hydrogen-bond acceptors (Lipinski definition) is 17. The van der Waals surface area contributed by atoms with E-state index in [1.165, 1.54) is 24.5 Å². The van der Waals surface area contributed by atoms with Crippen LogP contribution in [0, 0.1) is 0 Å². The van der Waals surface area contributed by atoms with Crippen LogP contribution in [-0.2, 0) is 76.9 Å². The molecule has 0 radical (unpaired) electrons. The second kappa shape index (κ2) is 45.6. The van der Waals surface area contributed by atoms with Crippen molar-refractivity contribution < 1.29 is 80.8 Å². The zero-order valence-electron chi connectivity index (χ0n) is 77.1. The summed E-state index contributed by atoms with van der Waals surface area (Å²) < 4.78 is 65.4. The van der Waals surface area contributed by atoms with E-state index in [4.69, 9.17) is 56.8 Å². The molecule has 12 aromatic rings. The van der Waals surface area contributed by atoms with Crippen LogP contribution in [0.1, 0.15) is 145 Å². The molecule has 0 aromatic heterocycles. The molecule has 128 heavy (non-hydrogen) atoms. The molecular weight excluding hydrogens is 1690 g/mol. The lowest BCUT2D eigenvalue weighted by molar-refractivity contribution is -0.158. The fourth-order valence-electron chi connectivity index (χ4n) is 11.8. The van der Waals surface area contributed by atoms with Crippen molar-refractivity contribution in [3.05, 3.63) is 322 Å². The summed E-state index contributed by atoms with van der Waals surface area (Å²) in [6.45, 7) is 39.2. The Hall–Kier alpha value is -12.0. The first-order valence-electron chi connectivity index (χ1n) is 42.0. The minimum atomic E-state index is -0.743. The molecule has 0 aliphatic heterocycles. The molecule has 12 aromatic carbocycles. The molecule has 0 amide bonds. The Kier molecular flexibility index (Phi) is 35.6. The number of hydrogen-bond donors (Lipinski definition) is 0. The standard InChI is InChI=1S/C30H35O6S.C28H31O6S.C26H31O2S.C23H23O3S/c1-29(2,3)35-27(31)20-33-22-12-16-25(17-13-22)37(24-10-8-7-9-11-24)26-18-14-23(15-19-26)34-21-28(32)36-30(4,5)6;1-27(2,3)33-25(29)31-20-12-16-23(17-13-20)35(22-10-8-7-9-11-22)24-18-14-21(15-19-24)32-26(30)34-28(4,5)6;1-25(2,3)27-20-12-16-23(17-13-20)29(22-10-8-7-9-11-22)24-18-14-21(15-19-24)28-26(4,5)6;1-23(2,3)26-22(24)25-18-14-16-21(17-15-18)27(19-10-6-4-7-11-19)20-12-8-5-9-13-20/h7-19H,20-21H2,1-6H3;7-19H,1-6H3;7-19H,1-6H3;4-17H,1-3H3/q4*+1. The quantitative estimate of drug-likeness (QED) is 0.0253. The van der Waals surface area contributed by atoms with Crippen LogP contribution in [0.2, 0.25) is 0 Å². The third kappa shape index (κ3) is 35.3. The highest BCUT2D eigenvalue weighted by Crippen LogP contribution is 2.39. The average Bonchev–Trinajstić information content (AvgIpc) is 0.822. The molecule has 0 bridgehead atoms. The van der Waals surface area contributed by atoms with E-state index >= 15 is 0 Å². The van der Waals surface area contributed by atoms with Gasteiger partial charge in [-0.05, 0) is 376 Å². The van der Waals surface area contributed by atoms with Crippen molar-refractivity contribution in [1.82, 2.24) is 0 Å². The molecule has 0 N–H and O–H groups in total. The van der Waals surface area contributed by atoms with Crippen molar-refractivity contribution in [1.29, 1.82) is 0 Å². The summed E-state index contributed by atoms with van der Waals surface area (Å²) in [4.78, 5) is 73.8. The van der Waals surface area contributed by atoms with Crippen molar-refractivity contribution in [3.63, 3.8) is 0 Å². The lowest BCUT2D eigenvalue weighted by Crippen LogP contribution is -2.27. The molecule has 0 saturated heterocycles. The van der Waals surface area contributed by atoms with Gasteiger partial charge in [0.1, 0.15) is 79.5 Å². The molecule has 0 aliphatic rings. The molecule has 0 unspecified atom stereocenters. The van der Waals surface area contributed by atoms with E-state index in [1.807, 2.05) is 208 Å². The molecule has 0 atom stereocenters. The summed E-state index contributed by atoms with van der Waals surface area (Å²) in [6, 6.07) is 107. The molecule has 0 heterocycles. The number of ether oxygens (including phenoxy) is 12. The lowest BCUT2D eigenvalue weighted by atomic mass is 10.2. The summed E-state index contributed by atoms with van der Waals surface area (Å²) >= 11 is 0. The number of benzene rings is 12. The molecule has 0 saturated carbocycles. The normalized spacial score (nSPS) is 11.7. The third-order valence-electron chi connectivity index (χ3n) is 16.5. The lowest BCUT2D eigenvalue weighted by Gasteiger charge is -2.21. The van der Waals surface area contributed by atoms with Gasteiger partial charge in [0.15, 0.2) is 72.0 Å². The highest BCUT2D eigenvalue weighted by molar-refractivity contribution is 7.98. The van der Waals surface area contributed by atoms with Gasteiger partial charge in [-0.2, -0.15) is 0 Å². The van der Waals surface area contributed by atoms with Gasteiger partial charge in [-0.1, -0.05) is 91.0 Å². The number of rotatable bonds is 23. The van der Waals surface area contributed by atoms with Crippen molar-refractivity contribution >= 4 is 74.0 Å². The summed E-state index contributed by atoms with van der Waals surface area (Å²) in [6.07, 6.45) is -2.18.